The second kappa shape index (κ2) is 11.7. The van der Waals surface area contributed by atoms with Crippen LogP contribution in [0.25, 0.3) is 0 Å². The van der Waals surface area contributed by atoms with Crippen LogP contribution in [0.3, 0.4) is 0 Å². The predicted molar refractivity (Wildman–Crippen MR) is 112 cm³/mol. The van der Waals surface area contributed by atoms with Gasteiger partial charge in [0.2, 0.25) is 11.8 Å². The lowest BCUT2D eigenvalue weighted by Crippen LogP contribution is -2.38. The molecular weight excluding hydrogens is 520 g/mol. The maximum absolute atomic E-state index is 13.9. The number of nitrogens with two attached hydrogens (primary N) is 1. The number of hydrogen-bond acceptors (Lipinski definition) is 8. The van der Waals surface area contributed by atoms with E-state index in [4.69, 9.17) is 10.5 Å². The number of aromatic nitrogens is 1. The van der Waals surface area contributed by atoms with Gasteiger partial charge in [0.15, 0.2) is 0 Å². The molecule has 0 radical (unpaired) electrons. The van der Waals surface area contributed by atoms with Crippen molar-refractivity contribution in [1.29, 1.82) is 0 Å². The Labute approximate surface area is 192 Å². The van der Waals surface area contributed by atoms with Crippen LogP contribution in [0.15, 0.2) is 16.6 Å². The van der Waals surface area contributed by atoms with E-state index in [0.717, 1.165) is 12.1 Å². The van der Waals surface area contributed by atoms with E-state index in [1.165, 1.54) is 7.11 Å². The molecule has 0 aliphatic rings. The summed E-state index contributed by atoms with van der Waals surface area (Å²) in [4.78, 5) is 39.5. The number of halogens is 3. The molecule has 1 heterocycles. The van der Waals surface area contributed by atoms with Crippen LogP contribution in [0.1, 0.15) is 22.3 Å². The van der Waals surface area contributed by atoms with Gasteiger partial charge in [-0.25, -0.2) is 19.1 Å². The lowest BCUT2D eigenvalue weighted by Gasteiger charge is -2.12. The molecule has 11 nitrogen and oxygen atoms in total. The fourth-order valence-corrected chi connectivity index (χ4v) is 3.46. The Bertz CT molecular complexity index is 985. The first-order chi connectivity index (χ1) is 15.1. The monoisotopic (exact) mass is 537 g/mol. The van der Waals surface area contributed by atoms with Gasteiger partial charge >= 0.3 is 6.03 Å². The maximum atomic E-state index is 13.9. The molecule has 1 aromatic heterocycles. The number of nitrogens with zero attached hydrogens (tertiary/aromatic N) is 1. The SMILES string of the molecule is CONC(=O)CC(O)CNC(=O)Nc1snc(OCc2c(F)cc(Br)cc2F)c1C(N)=O. The Kier molecular flexibility index (Phi) is 9.25. The van der Waals surface area contributed by atoms with Crippen molar-refractivity contribution in [3.05, 3.63) is 39.4 Å². The number of urea groups is 1. The lowest BCUT2D eigenvalue weighted by molar-refractivity contribution is -0.133. The number of hydrogen-bond donors (Lipinski definition) is 5. The zero-order valence-corrected chi connectivity index (χ0v) is 18.8. The molecule has 0 bridgehead atoms. The minimum Gasteiger partial charge on any atom is -0.471 e. The number of hydroxylamine groups is 1. The predicted octanol–water partition coefficient (Wildman–Crippen LogP) is 1.41. The number of carbonyl (C=O) groups is 3. The first kappa shape index (κ1) is 25.4. The quantitative estimate of drug-likeness (QED) is 0.286. The molecule has 4 amide bonds. The first-order valence-corrected chi connectivity index (χ1v) is 10.3. The molecule has 15 heteroatoms. The van der Waals surface area contributed by atoms with E-state index >= 15 is 0 Å². The molecule has 2 rings (SSSR count). The Morgan fingerprint density at radius 2 is 1.97 bits per heavy atom. The van der Waals surface area contributed by atoms with Crippen molar-refractivity contribution < 1.29 is 37.8 Å². The molecule has 0 saturated carbocycles. The van der Waals surface area contributed by atoms with Gasteiger partial charge in [-0.15, -0.1) is 0 Å². The van der Waals surface area contributed by atoms with Crippen LogP contribution in [-0.2, 0) is 16.2 Å². The molecule has 1 unspecified atom stereocenters. The summed E-state index contributed by atoms with van der Waals surface area (Å²) in [6.45, 7) is -0.879. The van der Waals surface area contributed by atoms with E-state index in [0.29, 0.717) is 11.5 Å². The van der Waals surface area contributed by atoms with E-state index < -0.39 is 47.8 Å². The largest absolute Gasteiger partial charge is 0.471 e. The van der Waals surface area contributed by atoms with Gasteiger partial charge in [-0.05, 0) is 23.7 Å². The molecule has 0 fully saturated rings. The highest BCUT2D eigenvalue weighted by molar-refractivity contribution is 9.10. The second-order valence-corrected chi connectivity index (χ2v) is 7.80. The summed E-state index contributed by atoms with van der Waals surface area (Å²) in [6, 6.07) is 1.25. The molecule has 0 spiro atoms. The normalized spacial score (nSPS) is 11.5. The number of aliphatic hydroxyl groups is 1. The number of aliphatic hydroxyl groups excluding tert-OH is 1. The lowest BCUT2D eigenvalue weighted by atomic mass is 10.2. The first-order valence-electron chi connectivity index (χ1n) is 8.72. The van der Waals surface area contributed by atoms with Crippen molar-refractivity contribution in [2.45, 2.75) is 19.1 Å². The fourth-order valence-electron chi connectivity index (χ4n) is 2.33. The molecule has 1 aromatic carbocycles. The van der Waals surface area contributed by atoms with Crippen LogP contribution in [0.2, 0.25) is 0 Å². The van der Waals surface area contributed by atoms with Crippen LogP contribution in [0.5, 0.6) is 5.88 Å². The Hall–Kier alpha value is -2.88. The highest BCUT2D eigenvalue weighted by Crippen LogP contribution is 2.31. The fraction of sp³-hybridized carbons (Fsp3) is 0.294. The molecule has 0 aliphatic heterocycles. The van der Waals surface area contributed by atoms with Crippen LogP contribution in [0.4, 0.5) is 18.6 Å². The molecular formula is C17H18BrF2N5O6S. The maximum Gasteiger partial charge on any atom is 0.320 e. The average Bonchev–Trinajstić information content (AvgIpc) is 3.08. The number of benzene rings is 1. The summed E-state index contributed by atoms with van der Waals surface area (Å²) in [5.41, 5.74) is 6.63. The van der Waals surface area contributed by atoms with E-state index in [-0.39, 0.29) is 33.9 Å². The van der Waals surface area contributed by atoms with Crippen LogP contribution < -0.4 is 26.6 Å². The van der Waals surface area contributed by atoms with E-state index in [1.54, 1.807) is 0 Å². The minimum atomic E-state index is -1.21. The van der Waals surface area contributed by atoms with Gasteiger partial charge in [0.1, 0.15) is 28.8 Å². The highest BCUT2D eigenvalue weighted by atomic mass is 79.9. The van der Waals surface area contributed by atoms with Crippen LogP contribution >= 0.6 is 27.5 Å². The number of primary amides is 1. The zero-order chi connectivity index (χ0) is 23.8. The van der Waals surface area contributed by atoms with Crippen molar-refractivity contribution in [3.63, 3.8) is 0 Å². The minimum absolute atomic E-state index is 0.0895. The topological polar surface area (TPSA) is 165 Å². The molecule has 32 heavy (non-hydrogen) atoms. The van der Waals surface area contributed by atoms with Crippen molar-refractivity contribution in [3.8, 4) is 5.88 Å². The summed E-state index contributed by atoms with van der Waals surface area (Å²) >= 11 is 3.60. The van der Waals surface area contributed by atoms with Crippen molar-refractivity contribution in [1.82, 2.24) is 15.2 Å². The zero-order valence-electron chi connectivity index (χ0n) is 16.4. The van der Waals surface area contributed by atoms with Crippen molar-refractivity contribution >= 4 is 50.3 Å². The molecule has 1 atom stereocenters. The van der Waals surface area contributed by atoms with Gasteiger partial charge in [-0.2, -0.15) is 4.37 Å². The number of amides is 4. The summed E-state index contributed by atoms with van der Waals surface area (Å²) in [7, 11) is 1.23. The number of carbonyl (C=O) groups excluding carboxylic acids is 3. The van der Waals surface area contributed by atoms with Gasteiger partial charge in [-0.1, -0.05) is 15.9 Å². The average molecular weight is 538 g/mol. The van der Waals surface area contributed by atoms with E-state index in [1.807, 2.05) is 5.48 Å². The smallest absolute Gasteiger partial charge is 0.320 e. The Morgan fingerprint density at radius 1 is 1.31 bits per heavy atom. The summed E-state index contributed by atoms with van der Waals surface area (Å²) in [5.74, 6) is -3.67. The number of ether oxygens (including phenoxy) is 1. The number of nitrogens with one attached hydrogen (secondary N) is 3. The third kappa shape index (κ3) is 7.08. The molecule has 0 saturated heterocycles. The van der Waals surface area contributed by atoms with Crippen LogP contribution in [0, 0.1) is 11.6 Å². The number of anilines is 1. The third-order valence-electron chi connectivity index (χ3n) is 3.73. The van der Waals surface area contributed by atoms with Crippen molar-refractivity contribution in [2.24, 2.45) is 5.73 Å². The standard InChI is InChI=1S/C17H18BrF2N5O6S/c1-30-24-12(27)4-8(26)5-22-17(29)23-16-13(14(21)28)15(25-32-16)31-6-9-10(19)2-7(18)3-11(9)20/h2-3,8,26H,4-6H2,1H3,(H2,21,28)(H,24,27)(H2,22,23,29). The highest BCUT2D eigenvalue weighted by Gasteiger charge is 2.23. The van der Waals surface area contributed by atoms with Crippen LogP contribution in [-0.4, -0.2) is 47.1 Å². The van der Waals surface area contributed by atoms with Crippen molar-refractivity contribution in [2.75, 3.05) is 19.0 Å². The summed E-state index contributed by atoms with van der Waals surface area (Å²) in [6.07, 6.45) is -1.54. The summed E-state index contributed by atoms with van der Waals surface area (Å²) in [5, 5.41) is 14.2. The molecule has 2 aromatic rings. The Balaban J connectivity index is 2.01. The number of rotatable bonds is 10. The van der Waals surface area contributed by atoms with E-state index in [9.17, 15) is 28.3 Å². The molecule has 174 valence electrons. The molecule has 0 aliphatic carbocycles. The van der Waals surface area contributed by atoms with Gasteiger partial charge in [0.05, 0.1) is 25.2 Å². The van der Waals surface area contributed by atoms with Gasteiger partial charge in [-0.3, -0.25) is 19.7 Å². The van der Waals surface area contributed by atoms with E-state index in [2.05, 4.69) is 35.8 Å². The summed E-state index contributed by atoms with van der Waals surface area (Å²) < 4.78 is 37.2. The Morgan fingerprint density at radius 3 is 2.56 bits per heavy atom. The third-order valence-corrected chi connectivity index (χ3v) is 4.93. The van der Waals surface area contributed by atoms with Gasteiger partial charge in [0, 0.05) is 11.0 Å². The second-order valence-electron chi connectivity index (χ2n) is 6.12. The van der Waals surface area contributed by atoms with Gasteiger partial charge in [0.25, 0.3) is 5.91 Å². The molecule has 6 N–H and O–H groups in total. The van der Waals surface area contributed by atoms with Gasteiger partial charge < -0.3 is 20.9 Å².